The van der Waals surface area contributed by atoms with Crippen LogP contribution in [0.1, 0.15) is 19.2 Å². The number of alkyl halides is 3. The number of aromatic nitrogens is 2. The number of ether oxygens (including phenoxy) is 1. The zero-order chi connectivity index (χ0) is 15.0. The van der Waals surface area contributed by atoms with Crippen LogP contribution < -0.4 is 10.6 Å². The molecular formula is C12H19F3N4O. The second-order valence-corrected chi connectivity index (χ2v) is 4.21. The van der Waals surface area contributed by atoms with Crippen molar-refractivity contribution >= 4 is 11.6 Å². The molecule has 1 rings (SSSR count). The monoisotopic (exact) mass is 292 g/mol. The molecule has 0 radical (unpaired) electrons. The van der Waals surface area contributed by atoms with Crippen LogP contribution in [0.2, 0.25) is 0 Å². The van der Waals surface area contributed by atoms with Gasteiger partial charge in [0.15, 0.2) is 0 Å². The SMILES string of the molecule is CCCNc1cc(NCCOCC(F)(F)F)nc(C)n1. The highest BCUT2D eigenvalue weighted by Gasteiger charge is 2.27. The molecule has 0 unspecified atom stereocenters. The summed E-state index contributed by atoms with van der Waals surface area (Å²) < 4.78 is 40.1. The number of hydrogen-bond acceptors (Lipinski definition) is 5. The lowest BCUT2D eigenvalue weighted by Crippen LogP contribution is -2.20. The van der Waals surface area contributed by atoms with Crippen LogP contribution in [0.3, 0.4) is 0 Å². The lowest BCUT2D eigenvalue weighted by Gasteiger charge is -2.10. The molecule has 0 bridgehead atoms. The molecule has 114 valence electrons. The molecule has 0 spiro atoms. The molecule has 0 saturated carbocycles. The summed E-state index contributed by atoms with van der Waals surface area (Å²) in [6.45, 7) is 3.56. The molecule has 0 aliphatic carbocycles. The van der Waals surface area contributed by atoms with E-state index in [9.17, 15) is 13.2 Å². The molecule has 0 aromatic carbocycles. The van der Waals surface area contributed by atoms with Gasteiger partial charge in [0.2, 0.25) is 0 Å². The number of halogens is 3. The maximum atomic E-state index is 11.9. The normalized spacial score (nSPS) is 11.4. The summed E-state index contributed by atoms with van der Waals surface area (Å²) in [5, 5.41) is 6.03. The molecule has 8 heteroatoms. The first-order chi connectivity index (χ1) is 9.40. The standard InChI is InChI=1S/C12H19F3N4O/c1-3-4-16-10-7-11(19-9(2)18-10)17-5-6-20-8-12(13,14)15/h7H,3-6,8H2,1-2H3,(H2,16,17,18,19). The molecule has 1 aromatic rings. The Morgan fingerprint density at radius 2 is 1.75 bits per heavy atom. The minimum absolute atomic E-state index is 0.0414. The van der Waals surface area contributed by atoms with E-state index in [2.05, 4.69) is 25.3 Å². The molecular weight excluding hydrogens is 273 g/mol. The van der Waals surface area contributed by atoms with Crippen LogP contribution in [0.5, 0.6) is 0 Å². The van der Waals surface area contributed by atoms with E-state index in [0.717, 1.165) is 13.0 Å². The van der Waals surface area contributed by atoms with Crippen molar-refractivity contribution in [2.45, 2.75) is 26.4 Å². The van der Waals surface area contributed by atoms with E-state index in [0.29, 0.717) is 17.5 Å². The zero-order valence-electron chi connectivity index (χ0n) is 11.5. The predicted octanol–water partition coefficient (Wildman–Crippen LogP) is 2.60. The van der Waals surface area contributed by atoms with Gasteiger partial charge in [-0.1, -0.05) is 6.92 Å². The third kappa shape index (κ3) is 7.13. The average molecular weight is 292 g/mol. The van der Waals surface area contributed by atoms with Gasteiger partial charge in [-0.2, -0.15) is 13.2 Å². The number of hydrogen-bond donors (Lipinski definition) is 2. The third-order valence-corrected chi connectivity index (χ3v) is 2.21. The number of aryl methyl sites for hydroxylation is 1. The molecule has 2 N–H and O–H groups in total. The first kappa shape index (κ1) is 16.5. The number of rotatable bonds is 8. The molecule has 1 aromatic heterocycles. The van der Waals surface area contributed by atoms with Gasteiger partial charge in [0.1, 0.15) is 24.1 Å². The Kier molecular flexibility index (Phi) is 6.50. The van der Waals surface area contributed by atoms with Crippen LogP contribution in [0, 0.1) is 6.92 Å². The molecule has 0 saturated heterocycles. The van der Waals surface area contributed by atoms with Crippen molar-refractivity contribution in [1.29, 1.82) is 0 Å². The van der Waals surface area contributed by atoms with Crippen molar-refractivity contribution in [2.24, 2.45) is 0 Å². The predicted molar refractivity (Wildman–Crippen MR) is 70.9 cm³/mol. The van der Waals surface area contributed by atoms with E-state index in [1.807, 2.05) is 6.92 Å². The van der Waals surface area contributed by atoms with Gasteiger partial charge in [-0.15, -0.1) is 0 Å². The summed E-state index contributed by atoms with van der Waals surface area (Å²) in [5.74, 6) is 1.84. The summed E-state index contributed by atoms with van der Waals surface area (Å²) in [4.78, 5) is 8.35. The Morgan fingerprint density at radius 1 is 1.15 bits per heavy atom. The maximum absolute atomic E-state index is 11.9. The Hall–Kier alpha value is -1.57. The lowest BCUT2D eigenvalue weighted by molar-refractivity contribution is -0.172. The lowest BCUT2D eigenvalue weighted by atomic mass is 10.4. The van der Waals surface area contributed by atoms with E-state index in [1.54, 1.807) is 13.0 Å². The van der Waals surface area contributed by atoms with Gasteiger partial charge in [0, 0.05) is 19.2 Å². The van der Waals surface area contributed by atoms with E-state index in [4.69, 9.17) is 0 Å². The first-order valence-electron chi connectivity index (χ1n) is 6.38. The first-order valence-corrected chi connectivity index (χ1v) is 6.38. The summed E-state index contributed by atoms with van der Waals surface area (Å²) >= 11 is 0. The van der Waals surface area contributed by atoms with E-state index >= 15 is 0 Å². The summed E-state index contributed by atoms with van der Waals surface area (Å²) in [6, 6.07) is 1.71. The second-order valence-electron chi connectivity index (χ2n) is 4.21. The molecule has 0 fully saturated rings. The van der Waals surface area contributed by atoms with Gasteiger partial charge in [-0.3, -0.25) is 0 Å². The Bertz CT molecular complexity index is 412. The van der Waals surface area contributed by atoms with Gasteiger partial charge >= 0.3 is 6.18 Å². The van der Waals surface area contributed by atoms with Crippen molar-refractivity contribution < 1.29 is 17.9 Å². The molecule has 0 aliphatic heterocycles. The Morgan fingerprint density at radius 3 is 2.30 bits per heavy atom. The van der Waals surface area contributed by atoms with Gasteiger partial charge in [-0.05, 0) is 13.3 Å². The highest BCUT2D eigenvalue weighted by molar-refractivity contribution is 5.47. The highest BCUT2D eigenvalue weighted by Crippen LogP contribution is 2.14. The van der Waals surface area contributed by atoms with Crippen molar-refractivity contribution in [3.05, 3.63) is 11.9 Å². The van der Waals surface area contributed by atoms with Crippen molar-refractivity contribution in [3.63, 3.8) is 0 Å². The fourth-order valence-electron chi connectivity index (χ4n) is 1.44. The topological polar surface area (TPSA) is 59.1 Å². The zero-order valence-corrected chi connectivity index (χ0v) is 11.5. The Labute approximate surface area is 116 Å². The van der Waals surface area contributed by atoms with Crippen LogP contribution in [0.15, 0.2) is 6.07 Å². The van der Waals surface area contributed by atoms with E-state index in [-0.39, 0.29) is 13.2 Å². The van der Waals surface area contributed by atoms with E-state index < -0.39 is 12.8 Å². The number of nitrogens with one attached hydrogen (secondary N) is 2. The Balaban J connectivity index is 2.37. The smallest absolute Gasteiger partial charge is 0.370 e. The second kappa shape index (κ2) is 7.88. The molecule has 20 heavy (non-hydrogen) atoms. The fourth-order valence-corrected chi connectivity index (χ4v) is 1.44. The minimum Gasteiger partial charge on any atom is -0.370 e. The van der Waals surface area contributed by atoms with E-state index in [1.165, 1.54) is 0 Å². The molecule has 0 amide bonds. The minimum atomic E-state index is -4.29. The van der Waals surface area contributed by atoms with Gasteiger partial charge in [0.05, 0.1) is 6.61 Å². The molecule has 0 aliphatic rings. The van der Waals surface area contributed by atoms with Gasteiger partial charge in [-0.25, -0.2) is 9.97 Å². The van der Waals surface area contributed by atoms with Crippen molar-refractivity contribution in [3.8, 4) is 0 Å². The summed E-state index contributed by atoms with van der Waals surface area (Å²) in [7, 11) is 0. The van der Waals surface area contributed by atoms with Crippen LogP contribution in [-0.4, -0.2) is 42.4 Å². The van der Waals surface area contributed by atoms with Crippen LogP contribution >= 0.6 is 0 Å². The number of anilines is 2. The van der Waals surface area contributed by atoms with Gasteiger partial charge < -0.3 is 15.4 Å². The van der Waals surface area contributed by atoms with Crippen LogP contribution in [0.4, 0.5) is 24.8 Å². The quantitative estimate of drug-likeness (QED) is 0.721. The largest absolute Gasteiger partial charge is 0.411 e. The molecule has 0 atom stereocenters. The van der Waals surface area contributed by atoms with Crippen LogP contribution in [0.25, 0.3) is 0 Å². The molecule has 5 nitrogen and oxygen atoms in total. The third-order valence-electron chi connectivity index (χ3n) is 2.21. The average Bonchev–Trinajstić information content (AvgIpc) is 2.34. The fraction of sp³-hybridized carbons (Fsp3) is 0.667. The van der Waals surface area contributed by atoms with Crippen molar-refractivity contribution in [2.75, 3.05) is 36.9 Å². The van der Waals surface area contributed by atoms with Crippen LogP contribution in [-0.2, 0) is 4.74 Å². The van der Waals surface area contributed by atoms with Crippen molar-refractivity contribution in [1.82, 2.24) is 9.97 Å². The number of nitrogens with zero attached hydrogens (tertiary/aromatic N) is 2. The highest BCUT2D eigenvalue weighted by atomic mass is 19.4. The van der Waals surface area contributed by atoms with Gasteiger partial charge in [0.25, 0.3) is 0 Å². The maximum Gasteiger partial charge on any atom is 0.411 e. The summed E-state index contributed by atoms with van der Waals surface area (Å²) in [6.07, 6.45) is -3.32. The summed E-state index contributed by atoms with van der Waals surface area (Å²) in [5.41, 5.74) is 0. The molecule has 1 heterocycles.